The van der Waals surface area contributed by atoms with Crippen LogP contribution in [0.15, 0.2) is 23.2 Å². The minimum Gasteiger partial charge on any atom is -0.308 e. The van der Waals surface area contributed by atoms with Crippen LogP contribution in [-0.4, -0.2) is 41.8 Å². The van der Waals surface area contributed by atoms with Gasteiger partial charge in [0, 0.05) is 36.4 Å². The highest BCUT2D eigenvalue weighted by Gasteiger charge is 2.31. The summed E-state index contributed by atoms with van der Waals surface area (Å²) in [6.07, 6.45) is 1.44. The first kappa shape index (κ1) is 13.6. The Morgan fingerprint density at radius 3 is 3.06 bits per heavy atom. The molecule has 2 rings (SSSR count). The largest absolute Gasteiger partial charge is 0.308 e. The normalized spacial score (nSPS) is 21.8. The molecule has 1 aromatic rings. The van der Waals surface area contributed by atoms with Crippen LogP contribution in [0.3, 0.4) is 0 Å². The number of hydrogen-bond acceptors (Lipinski definition) is 6. The number of nitrogen functional groups attached to an aromatic ring is 1. The smallest absolute Gasteiger partial charge is 0.243 e. The second-order valence-corrected chi connectivity index (χ2v) is 7.10. The van der Waals surface area contributed by atoms with E-state index in [2.05, 4.69) is 10.4 Å². The van der Waals surface area contributed by atoms with Gasteiger partial charge in [0.15, 0.2) is 0 Å². The molecule has 1 aliphatic rings. The molecule has 100 valence electrons. The second-order valence-electron chi connectivity index (χ2n) is 4.06. The first-order chi connectivity index (χ1) is 8.55. The molecule has 0 aromatic carbocycles. The Bertz CT molecular complexity index is 520. The average molecular weight is 288 g/mol. The Morgan fingerprint density at radius 2 is 2.39 bits per heavy atom. The van der Waals surface area contributed by atoms with E-state index in [9.17, 15) is 8.42 Å². The fourth-order valence-corrected chi connectivity index (χ4v) is 4.72. The van der Waals surface area contributed by atoms with E-state index in [-0.39, 0.29) is 10.9 Å². The van der Waals surface area contributed by atoms with Crippen molar-refractivity contribution in [2.24, 2.45) is 5.84 Å². The monoisotopic (exact) mass is 288 g/mol. The average Bonchev–Trinajstić information content (AvgIpc) is 2.39. The van der Waals surface area contributed by atoms with Crippen molar-refractivity contribution >= 4 is 27.6 Å². The number of nitrogens with zero attached hydrogens (tertiary/aromatic N) is 2. The molecular formula is C10H16N4O2S2. The lowest BCUT2D eigenvalue weighted by molar-refractivity contribution is 0.367. The molecule has 0 radical (unpaired) electrons. The van der Waals surface area contributed by atoms with Crippen molar-refractivity contribution in [2.75, 3.05) is 23.5 Å². The molecule has 8 heteroatoms. The van der Waals surface area contributed by atoms with Gasteiger partial charge >= 0.3 is 0 Å². The van der Waals surface area contributed by atoms with Crippen LogP contribution in [-0.2, 0) is 10.0 Å². The molecule has 1 saturated heterocycles. The Hall–Kier alpha value is -0.830. The predicted molar refractivity (Wildman–Crippen MR) is 72.7 cm³/mol. The van der Waals surface area contributed by atoms with Crippen LogP contribution in [0.1, 0.15) is 6.92 Å². The van der Waals surface area contributed by atoms with Crippen molar-refractivity contribution < 1.29 is 8.42 Å². The van der Waals surface area contributed by atoms with Crippen molar-refractivity contribution in [3.63, 3.8) is 0 Å². The quantitative estimate of drug-likeness (QED) is 0.622. The number of hydrogen-bond donors (Lipinski definition) is 2. The van der Waals surface area contributed by atoms with Gasteiger partial charge in [0.1, 0.15) is 5.82 Å². The molecule has 1 fully saturated rings. The van der Waals surface area contributed by atoms with Gasteiger partial charge in [-0.2, -0.15) is 16.1 Å². The minimum atomic E-state index is -3.46. The number of sulfonamides is 1. The van der Waals surface area contributed by atoms with E-state index >= 15 is 0 Å². The highest BCUT2D eigenvalue weighted by atomic mass is 32.2. The number of aromatic nitrogens is 1. The Kier molecular flexibility index (Phi) is 4.10. The molecular weight excluding hydrogens is 272 g/mol. The van der Waals surface area contributed by atoms with Gasteiger partial charge in [-0.1, -0.05) is 0 Å². The van der Waals surface area contributed by atoms with Crippen molar-refractivity contribution in [1.82, 2.24) is 9.29 Å². The lowest BCUT2D eigenvalue weighted by atomic mass is 10.4. The number of nitrogens with one attached hydrogen (secondary N) is 1. The van der Waals surface area contributed by atoms with Gasteiger partial charge in [-0.25, -0.2) is 19.2 Å². The Labute approximate surface area is 111 Å². The van der Waals surface area contributed by atoms with E-state index in [1.165, 1.54) is 18.3 Å². The number of thioether (sulfide) groups is 1. The molecule has 1 aromatic heterocycles. The standard InChI is InChI=1S/C10H16N4O2S2/c1-8-7-17-5-4-14(8)18(15,16)9-2-3-12-10(6-9)13-11/h2-3,6,8H,4-5,7,11H2,1H3,(H,12,13). The molecule has 1 atom stereocenters. The van der Waals surface area contributed by atoms with Crippen molar-refractivity contribution in [1.29, 1.82) is 0 Å². The predicted octanol–water partition coefficient (Wildman–Crippen LogP) is 0.493. The van der Waals surface area contributed by atoms with Gasteiger partial charge in [0.2, 0.25) is 10.0 Å². The van der Waals surface area contributed by atoms with Crippen LogP contribution in [0.2, 0.25) is 0 Å². The maximum absolute atomic E-state index is 12.5. The van der Waals surface area contributed by atoms with Crippen LogP contribution < -0.4 is 11.3 Å². The van der Waals surface area contributed by atoms with E-state index in [1.807, 2.05) is 6.92 Å². The Morgan fingerprint density at radius 1 is 1.61 bits per heavy atom. The summed E-state index contributed by atoms with van der Waals surface area (Å²) < 4.78 is 26.5. The van der Waals surface area contributed by atoms with Gasteiger partial charge < -0.3 is 5.43 Å². The molecule has 1 unspecified atom stereocenters. The lowest BCUT2D eigenvalue weighted by Crippen LogP contribution is -2.44. The molecule has 0 amide bonds. The van der Waals surface area contributed by atoms with Crippen LogP contribution >= 0.6 is 11.8 Å². The molecule has 0 bridgehead atoms. The first-order valence-corrected chi connectivity index (χ1v) is 8.17. The van der Waals surface area contributed by atoms with E-state index in [0.29, 0.717) is 12.4 Å². The fraction of sp³-hybridized carbons (Fsp3) is 0.500. The molecule has 0 spiro atoms. The van der Waals surface area contributed by atoms with Gasteiger partial charge in [0.05, 0.1) is 4.90 Å². The Balaban J connectivity index is 2.34. The highest BCUT2D eigenvalue weighted by Crippen LogP contribution is 2.24. The summed E-state index contributed by atoms with van der Waals surface area (Å²) >= 11 is 1.77. The number of hydrazine groups is 1. The van der Waals surface area contributed by atoms with Gasteiger partial charge in [0.25, 0.3) is 0 Å². The van der Waals surface area contributed by atoms with E-state index < -0.39 is 10.0 Å². The summed E-state index contributed by atoms with van der Waals surface area (Å²) in [6.45, 7) is 2.47. The minimum absolute atomic E-state index is 0.0104. The van der Waals surface area contributed by atoms with Crippen LogP contribution in [0.25, 0.3) is 0 Å². The summed E-state index contributed by atoms with van der Waals surface area (Å²) in [5.74, 6) is 7.24. The summed E-state index contributed by atoms with van der Waals surface area (Å²) in [7, 11) is -3.46. The first-order valence-electron chi connectivity index (χ1n) is 5.58. The third kappa shape index (κ3) is 2.61. The molecule has 6 nitrogen and oxygen atoms in total. The number of nitrogens with two attached hydrogens (primary N) is 1. The molecule has 18 heavy (non-hydrogen) atoms. The van der Waals surface area contributed by atoms with E-state index in [1.54, 1.807) is 16.1 Å². The van der Waals surface area contributed by atoms with Crippen molar-refractivity contribution in [2.45, 2.75) is 17.9 Å². The second kappa shape index (κ2) is 5.43. The van der Waals surface area contributed by atoms with Crippen LogP contribution in [0, 0.1) is 0 Å². The number of anilines is 1. The lowest BCUT2D eigenvalue weighted by Gasteiger charge is -2.31. The van der Waals surface area contributed by atoms with Gasteiger partial charge in [-0.15, -0.1) is 0 Å². The van der Waals surface area contributed by atoms with Gasteiger partial charge in [-0.3, -0.25) is 0 Å². The fourth-order valence-electron chi connectivity index (χ4n) is 1.85. The summed E-state index contributed by atoms with van der Waals surface area (Å²) in [5, 5.41) is 0. The van der Waals surface area contributed by atoms with Crippen molar-refractivity contribution in [3.05, 3.63) is 18.3 Å². The van der Waals surface area contributed by atoms with E-state index in [0.717, 1.165) is 11.5 Å². The third-order valence-corrected chi connectivity index (χ3v) is 5.99. The maximum Gasteiger partial charge on any atom is 0.243 e. The van der Waals surface area contributed by atoms with Crippen LogP contribution in [0.4, 0.5) is 5.82 Å². The summed E-state index contributed by atoms with van der Waals surface area (Å²) in [6, 6.07) is 2.95. The number of pyridine rings is 1. The molecule has 0 aliphatic carbocycles. The number of rotatable bonds is 3. The SMILES string of the molecule is CC1CSCCN1S(=O)(=O)c1ccnc(NN)c1. The zero-order chi connectivity index (χ0) is 13.2. The zero-order valence-electron chi connectivity index (χ0n) is 10.0. The molecule has 1 aliphatic heterocycles. The van der Waals surface area contributed by atoms with Gasteiger partial charge in [-0.05, 0) is 13.0 Å². The third-order valence-electron chi connectivity index (χ3n) is 2.79. The summed E-state index contributed by atoms with van der Waals surface area (Å²) in [4.78, 5) is 4.14. The maximum atomic E-state index is 12.5. The van der Waals surface area contributed by atoms with E-state index in [4.69, 9.17) is 5.84 Å². The topological polar surface area (TPSA) is 88.3 Å². The molecule has 3 N–H and O–H groups in total. The highest BCUT2D eigenvalue weighted by molar-refractivity contribution is 7.99. The zero-order valence-corrected chi connectivity index (χ0v) is 11.7. The molecule has 2 heterocycles. The van der Waals surface area contributed by atoms with Crippen molar-refractivity contribution in [3.8, 4) is 0 Å². The van der Waals surface area contributed by atoms with Crippen LogP contribution in [0.5, 0.6) is 0 Å². The molecule has 0 saturated carbocycles. The summed E-state index contributed by atoms with van der Waals surface area (Å²) in [5.41, 5.74) is 2.36.